The second-order valence-corrected chi connectivity index (χ2v) is 7.96. The Morgan fingerprint density at radius 3 is 2.45 bits per heavy atom. The third-order valence-corrected chi connectivity index (χ3v) is 5.61. The maximum Gasteiger partial charge on any atom is 0.00953 e. The van der Waals surface area contributed by atoms with Crippen LogP contribution in [0.3, 0.4) is 0 Å². The van der Waals surface area contributed by atoms with Crippen molar-refractivity contribution in [3.63, 3.8) is 0 Å². The highest BCUT2D eigenvalue weighted by molar-refractivity contribution is 4.86. The van der Waals surface area contributed by atoms with Gasteiger partial charge in [-0.05, 0) is 62.8 Å². The second kappa shape index (κ2) is 7.79. The van der Waals surface area contributed by atoms with Crippen LogP contribution < -0.4 is 5.73 Å². The molecule has 0 bridgehead atoms. The Bertz CT molecular complexity index is 271. The molecule has 0 radical (unpaired) electrons. The van der Waals surface area contributed by atoms with Crippen LogP contribution in [-0.2, 0) is 0 Å². The van der Waals surface area contributed by atoms with Crippen molar-refractivity contribution in [2.75, 3.05) is 13.1 Å². The first-order valence-corrected chi connectivity index (χ1v) is 9.06. The summed E-state index contributed by atoms with van der Waals surface area (Å²) in [6, 6.07) is 1.31. The molecule has 0 aromatic heterocycles. The number of nitrogens with two attached hydrogens (primary N) is 1. The Morgan fingerprint density at radius 1 is 1.10 bits per heavy atom. The van der Waals surface area contributed by atoms with Crippen molar-refractivity contribution in [3.05, 3.63) is 0 Å². The smallest absolute Gasteiger partial charge is 0.00953 e. The Balaban J connectivity index is 1.91. The lowest BCUT2D eigenvalue weighted by molar-refractivity contribution is 0.120. The lowest BCUT2D eigenvalue weighted by Gasteiger charge is -2.38. The fraction of sp³-hybridized carbons (Fsp3) is 1.00. The summed E-state index contributed by atoms with van der Waals surface area (Å²) < 4.78 is 0. The first kappa shape index (κ1) is 16.3. The van der Waals surface area contributed by atoms with E-state index >= 15 is 0 Å². The SMILES string of the molecule is CC(C)CCN(CC1CC(C)CCC1N)C1CCCC1. The van der Waals surface area contributed by atoms with Crippen molar-refractivity contribution in [1.29, 1.82) is 0 Å². The summed E-state index contributed by atoms with van der Waals surface area (Å²) in [5, 5.41) is 0. The summed E-state index contributed by atoms with van der Waals surface area (Å²) >= 11 is 0. The number of hydrogen-bond acceptors (Lipinski definition) is 2. The van der Waals surface area contributed by atoms with Crippen LogP contribution in [0.1, 0.15) is 72.1 Å². The van der Waals surface area contributed by atoms with Crippen LogP contribution in [0.4, 0.5) is 0 Å². The fourth-order valence-electron chi connectivity index (χ4n) is 4.15. The molecule has 0 aliphatic heterocycles. The van der Waals surface area contributed by atoms with E-state index in [0.29, 0.717) is 6.04 Å². The molecule has 0 aromatic rings. The minimum absolute atomic E-state index is 0.453. The summed E-state index contributed by atoms with van der Waals surface area (Å²) in [6.07, 6.45) is 11.0. The maximum atomic E-state index is 6.42. The summed E-state index contributed by atoms with van der Waals surface area (Å²) in [6.45, 7) is 9.66. The van der Waals surface area contributed by atoms with Gasteiger partial charge in [-0.25, -0.2) is 0 Å². The zero-order valence-corrected chi connectivity index (χ0v) is 14.0. The molecule has 2 nitrogen and oxygen atoms in total. The molecule has 118 valence electrons. The van der Waals surface area contributed by atoms with Crippen LogP contribution in [0.15, 0.2) is 0 Å². The summed E-state index contributed by atoms with van der Waals surface area (Å²) in [5.41, 5.74) is 6.42. The van der Waals surface area contributed by atoms with Crippen molar-refractivity contribution in [2.45, 2.75) is 84.2 Å². The van der Waals surface area contributed by atoms with Crippen LogP contribution in [0, 0.1) is 17.8 Å². The Hall–Kier alpha value is -0.0800. The summed E-state index contributed by atoms with van der Waals surface area (Å²) in [5.74, 6) is 2.44. The quantitative estimate of drug-likeness (QED) is 0.795. The highest BCUT2D eigenvalue weighted by Crippen LogP contribution is 2.31. The lowest BCUT2D eigenvalue weighted by Crippen LogP contribution is -2.46. The van der Waals surface area contributed by atoms with E-state index in [-0.39, 0.29) is 0 Å². The summed E-state index contributed by atoms with van der Waals surface area (Å²) in [4.78, 5) is 2.82. The largest absolute Gasteiger partial charge is 0.327 e. The molecule has 2 N–H and O–H groups in total. The lowest BCUT2D eigenvalue weighted by atomic mass is 9.78. The number of rotatable bonds is 6. The van der Waals surface area contributed by atoms with E-state index in [9.17, 15) is 0 Å². The van der Waals surface area contributed by atoms with Gasteiger partial charge in [-0.15, -0.1) is 0 Å². The molecular formula is C18H36N2. The van der Waals surface area contributed by atoms with E-state index in [2.05, 4.69) is 25.7 Å². The Kier molecular flexibility index (Phi) is 6.35. The average molecular weight is 281 g/mol. The van der Waals surface area contributed by atoms with E-state index in [1.54, 1.807) is 0 Å². The van der Waals surface area contributed by atoms with Gasteiger partial charge in [0.1, 0.15) is 0 Å². The number of hydrogen-bond donors (Lipinski definition) is 1. The highest BCUT2D eigenvalue weighted by atomic mass is 15.2. The molecule has 20 heavy (non-hydrogen) atoms. The first-order chi connectivity index (χ1) is 9.56. The molecule has 0 aromatic carbocycles. The number of nitrogens with zero attached hydrogens (tertiary/aromatic N) is 1. The van der Waals surface area contributed by atoms with Gasteiger partial charge in [-0.1, -0.05) is 33.6 Å². The Labute approximate surface area is 126 Å². The summed E-state index contributed by atoms with van der Waals surface area (Å²) in [7, 11) is 0. The topological polar surface area (TPSA) is 29.3 Å². The highest BCUT2D eigenvalue weighted by Gasteiger charge is 2.30. The van der Waals surface area contributed by atoms with Gasteiger partial charge in [0.25, 0.3) is 0 Å². The molecule has 0 heterocycles. The molecule has 2 aliphatic carbocycles. The zero-order chi connectivity index (χ0) is 14.5. The molecule has 0 amide bonds. The minimum atomic E-state index is 0.453. The van der Waals surface area contributed by atoms with Crippen LogP contribution >= 0.6 is 0 Å². The van der Waals surface area contributed by atoms with Gasteiger partial charge in [0.05, 0.1) is 0 Å². The van der Waals surface area contributed by atoms with Crippen molar-refractivity contribution in [1.82, 2.24) is 4.90 Å². The van der Waals surface area contributed by atoms with Crippen molar-refractivity contribution < 1.29 is 0 Å². The molecular weight excluding hydrogens is 244 g/mol. The van der Waals surface area contributed by atoms with E-state index in [1.165, 1.54) is 64.5 Å². The van der Waals surface area contributed by atoms with Crippen molar-refractivity contribution in [3.8, 4) is 0 Å². The van der Waals surface area contributed by atoms with Crippen LogP contribution in [0.5, 0.6) is 0 Å². The van der Waals surface area contributed by atoms with Gasteiger partial charge < -0.3 is 10.6 Å². The van der Waals surface area contributed by atoms with Gasteiger partial charge >= 0.3 is 0 Å². The van der Waals surface area contributed by atoms with E-state index in [4.69, 9.17) is 5.73 Å². The molecule has 2 aliphatic rings. The molecule has 2 rings (SSSR count). The monoisotopic (exact) mass is 280 g/mol. The van der Waals surface area contributed by atoms with Gasteiger partial charge in [0, 0.05) is 18.6 Å². The van der Waals surface area contributed by atoms with Gasteiger partial charge in [0.15, 0.2) is 0 Å². The average Bonchev–Trinajstić information content (AvgIpc) is 2.92. The second-order valence-electron chi connectivity index (χ2n) is 7.96. The van der Waals surface area contributed by atoms with Gasteiger partial charge in [0.2, 0.25) is 0 Å². The molecule has 3 atom stereocenters. The molecule has 0 saturated heterocycles. The minimum Gasteiger partial charge on any atom is -0.327 e. The Morgan fingerprint density at radius 2 is 1.80 bits per heavy atom. The molecule has 2 heteroatoms. The predicted octanol–water partition coefficient (Wildman–Crippen LogP) is 4.04. The first-order valence-electron chi connectivity index (χ1n) is 9.06. The van der Waals surface area contributed by atoms with E-state index in [0.717, 1.165) is 23.8 Å². The van der Waals surface area contributed by atoms with Crippen LogP contribution in [0.25, 0.3) is 0 Å². The van der Waals surface area contributed by atoms with E-state index in [1.807, 2.05) is 0 Å². The fourth-order valence-corrected chi connectivity index (χ4v) is 4.15. The third kappa shape index (κ3) is 4.73. The van der Waals surface area contributed by atoms with Crippen molar-refractivity contribution in [2.24, 2.45) is 23.5 Å². The third-order valence-electron chi connectivity index (χ3n) is 5.61. The van der Waals surface area contributed by atoms with Crippen LogP contribution in [-0.4, -0.2) is 30.1 Å². The normalized spacial score (nSPS) is 32.4. The molecule has 0 spiro atoms. The molecule has 2 fully saturated rings. The van der Waals surface area contributed by atoms with Crippen LogP contribution in [0.2, 0.25) is 0 Å². The molecule has 3 unspecified atom stereocenters. The maximum absolute atomic E-state index is 6.42. The molecule has 2 saturated carbocycles. The standard InChI is InChI=1S/C18H36N2/c1-14(2)10-11-20(17-6-4-5-7-17)13-16-12-15(3)8-9-18(16)19/h14-18H,4-13,19H2,1-3H3. The zero-order valence-electron chi connectivity index (χ0n) is 14.0. The van der Waals surface area contributed by atoms with Gasteiger partial charge in [-0.2, -0.15) is 0 Å². The predicted molar refractivity (Wildman–Crippen MR) is 87.8 cm³/mol. The van der Waals surface area contributed by atoms with Crippen molar-refractivity contribution >= 4 is 0 Å². The van der Waals surface area contributed by atoms with Gasteiger partial charge in [-0.3, -0.25) is 0 Å². The van der Waals surface area contributed by atoms with E-state index < -0.39 is 0 Å².